The average molecular weight is 261 g/mol. The number of hydrogen-bond donors (Lipinski definition) is 1. The minimum Gasteiger partial charge on any atom is -0.339 e. The number of carbonyl (C=O) groups excluding carboxylic acids is 2. The van der Waals surface area contributed by atoms with Gasteiger partial charge in [0.1, 0.15) is 0 Å². The van der Waals surface area contributed by atoms with Crippen molar-refractivity contribution < 1.29 is 9.59 Å². The number of benzene rings is 1. The molecular formula is C14H19N3O2. The maximum absolute atomic E-state index is 12.0. The normalized spacial score (nSPS) is 15.2. The van der Waals surface area contributed by atoms with E-state index in [0.717, 1.165) is 5.69 Å². The number of para-hydroxylation sites is 1. The lowest BCUT2D eigenvalue weighted by molar-refractivity contribution is -0.132. The van der Waals surface area contributed by atoms with E-state index in [1.807, 2.05) is 42.2 Å². The van der Waals surface area contributed by atoms with Crippen LogP contribution < -0.4 is 5.32 Å². The standard InChI is InChI=1S/C14H19N3O2/c1-2-13(18)16-8-10-17(11-9-16)14(19)15-12-6-4-3-5-7-12/h3-7H,2,8-11H2,1H3,(H,15,19). The predicted molar refractivity (Wildman–Crippen MR) is 73.9 cm³/mol. The summed E-state index contributed by atoms with van der Waals surface area (Å²) in [5.41, 5.74) is 0.791. The largest absolute Gasteiger partial charge is 0.339 e. The highest BCUT2D eigenvalue weighted by atomic mass is 16.2. The van der Waals surface area contributed by atoms with E-state index < -0.39 is 0 Å². The summed E-state index contributed by atoms with van der Waals surface area (Å²) < 4.78 is 0. The minimum absolute atomic E-state index is 0.102. The molecule has 0 aromatic heterocycles. The van der Waals surface area contributed by atoms with Gasteiger partial charge in [-0.2, -0.15) is 0 Å². The lowest BCUT2D eigenvalue weighted by atomic mass is 10.3. The fourth-order valence-corrected chi connectivity index (χ4v) is 2.11. The fourth-order valence-electron chi connectivity index (χ4n) is 2.11. The van der Waals surface area contributed by atoms with Crippen LogP contribution in [0.3, 0.4) is 0 Å². The van der Waals surface area contributed by atoms with E-state index in [2.05, 4.69) is 5.32 Å². The summed E-state index contributed by atoms with van der Waals surface area (Å²) in [4.78, 5) is 27.1. The highest BCUT2D eigenvalue weighted by Gasteiger charge is 2.23. The van der Waals surface area contributed by atoms with Crippen molar-refractivity contribution >= 4 is 17.6 Å². The van der Waals surface area contributed by atoms with E-state index in [4.69, 9.17) is 0 Å². The van der Waals surface area contributed by atoms with Crippen molar-refractivity contribution in [1.29, 1.82) is 0 Å². The third-order valence-electron chi connectivity index (χ3n) is 3.25. The van der Waals surface area contributed by atoms with E-state index in [1.54, 1.807) is 4.90 Å². The van der Waals surface area contributed by atoms with Gasteiger partial charge in [-0.25, -0.2) is 4.79 Å². The molecule has 0 unspecified atom stereocenters. The lowest BCUT2D eigenvalue weighted by Crippen LogP contribution is -2.51. The number of rotatable bonds is 2. The maximum atomic E-state index is 12.0. The molecule has 1 aromatic carbocycles. The van der Waals surface area contributed by atoms with E-state index >= 15 is 0 Å². The first-order valence-corrected chi connectivity index (χ1v) is 6.59. The van der Waals surface area contributed by atoms with Crippen molar-refractivity contribution in [2.75, 3.05) is 31.5 Å². The van der Waals surface area contributed by atoms with Crippen LogP contribution in [0, 0.1) is 0 Å². The van der Waals surface area contributed by atoms with Gasteiger partial charge in [-0.05, 0) is 12.1 Å². The molecule has 1 fully saturated rings. The summed E-state index contributed by atoms with van der Waals surface area (Å²) in [7, 11) is 0. The van der Waals surface area contributed by atoms with E-state index in [0.29, 0.717) is 32.6 Å². The maximum Gasteiger partial charge on any atom is 0.321 e. The number of carbonyl (C=O) groups is 2. The van der Waals surface area contributed by atoms with Crippen LogP contribution in [0.1, 0.15) is 13.3 Å². The van der Waals surface area contributed by atoms with Gasteiger partial charge in [-0.15, -0.1) is 0 Å². The second-order valence-electron chi connectivity index (χ2n) is 4.52. The summed E-state index contributed by atoms with van der Waals surface area (Å²) in [5.74, 6) is 0.156. The highest BCUT2D eigenvalue weighted by molar-refractivity contribution is 5.89. The summed E-state index contributed by atoms with van der Waals surface area (Å²) in [5, 5.41) is 2.85. The van der Waals surface area contributed by atoms with Gasteiger partial charge in [-0.3, -0.25) is 4.79 Å². The third-order valence-corrected chi connectivity index (χ3v) is 3.25. The number of piperazine rings is 1. The number of hydrogen-bond acceptors (Lipinski definition) is 2. The van der Waals surface area contributed by atoms with Gasteiger partial charge in [0.2, 0.25) is 5.91 Å². The van der Waals surface area contributed by atoms with Crippen LogP contribution in [0.2, 0.25) is 0 Å². The van der Waals surface area contributed by atoms with Gasteiger partial charge in [-0.1, -0.05) is 25.1 Å². The SMILES string of the molecule is CCC(=O)N1CCN(C(=O)Nc2ccccc2)CC1. The Bertz CT molecular complexity index is 439. The van der Waals surface area contributed by atoms with Crippen molar-refractivity contribution in [2.45, 2.75) is 13.3 Å². The number of amides is 3. The molecule has 5 nitrogen and oxygen atoms in total. The Balaban J connectivity index is 1.84. The molecule has 1 heterocycles. The average Bonchev–Trinajstić information content (AvgIpc) is 2.47. The topological polar surface area (TPSA) is 52.7 Å². The molecule has 102 valence electrons. The van der Waals surface area contributed by atoms with Gasteiger partial charge in [0.25, 0.3) is 0 Å². The zero-order chi connectivity index (χ0) is 13.7. The zero-order valence-electron chi connectivity index (χ0n) is 11.1. The molecule has 0 bridgehead atoms. The molecule has 19 heavy (non-hydrogen) atoms. The van der Waals surface area contributed by atoms with Gasteiger partial charge in [0.15, 0.2) is 0 Å². The van der Waals surface area contributed by atoms with Crippen LogP contribution in [0.5, 0.6) is 0 Å². The van der Waals surface area contributed by atoms with E-state index in [1.165, 1.54) is 0 Å². The fraction of sp³-hybridized carbons (Fsp3) is 0.429. The number of anilines is 1. The first-order chi connectivity index (χ1) is 9.20. The Labute approximate surface area is 113 Å². The Hall–Kier alpha value is -2.04. The van der Waals surface area contributed by atoms with Crippen molar-refractivity contribution in [3.05, 3.63) is 30.3 Å². The molecule has 1 aliphatic heterocycles. The Morgan fingerprint density at radius 3 is 2.21 bits per heavy atom. The van der Waals surface area contributed by atoms with Crippen molar-refractivity contribution in [3.8, 4) is 0 Å². The number of nitrogens with one attached hydrogen (secondary N) is 1. The van der Waals surface area contributed by atoms with Gasteiger partial charge < -0.3 is 15.1 Å². The van der Waals surface area contributed by atoms with Gasteiger partial charge >= 0.3 is 6.03 Å². The van der Waals surface area contributed by atoms with Crippen LogP contribution >= 0.6 is 0 Å². The van der Waals surface area contributed by atoms with E-state index in [-0.39, 0.29) is 11.9 Å². The summed E-state index contributed by atoms with van der Waals surface area (Å²) in [6.07, 6.45) is 0.524. The molecule has 0 radical (unpaired) electrons. The molecule has 0 spiro atoms. The summed E-state index contributed by atoms with van der Waals surface area (Å²) in [6.45, 7) is 4.27. The van der Waals surface area contributed by atoms with Gasteiger partial charge in [0.05, 0.1) is 0 Å². The monoisotopic (exact) mass is 261 g/mol. The Morgan fingerprint density at radius 1 is 1.05 bits per heavy atom. The van der Waals surface area contributed by atoms with Crippen LogP contribution in [-0.2, 0) is 4.79 Å². The summed E-state index contributed by atoms with van der Waals surface area (Å²) >= 11 is 0. The molecule has 3 amide bonds. The minimum atomic E-state index is -0.102. The van der Waals surface area contributed by atoms with Crippen molar-refractivity contribution in [3.63, 3.8) is 0 Å². The van der Waals surface area contributed by atoms with Crippen molar-refractivity contribution in [1.82, 2.24) is 9.80 Å². The third kappa shape index (κ3) is 3.47. The quantitative estimate of drug-likeness (QED) is 0.882. The Kier molecular flexibility index (Phi) is 4.39. The Morgan fingerprint density at radius 2 is 1.63 bits per heavy atom. The molecular weight excluding hydrogens is 242 g/mol. The number of urea groups is 1. The van der Waals surface area contributed by atoms with Crippen LogP contribution in [0.15, 0.2) is 30.3 Å². The first kappa shape index (κ1) is 13.4. The molecule has 5 heteroatoms. The second kappa shape index (κ2) is 6.22. The zero-order valence-corrected chi connectivity index (χ0v) is 11.1. The van der Waals surface area contributed by atoms with Crippen LogP contribution in [-0.4, -0.2) is 47.9 Å². The second-order valence-corrected chi connectivity index (χ2v) is 4.52. The first-order valence-electron chi connectivity index (χ1n) is 6.59. The molecule has 0 saturated carbocycles. The van der Waals surface area contributed by atoms with Crippen molar-refractivity contribution in [2.24, 2.45) is 0 Å². The van der Waals surface area contributed by atoms with Crippen LogP contribution in [0.4, 0.5) is 10.5 Å². The molecule has 0 aliphatic carbocycles. The predicted octanol–water partition coefficient (Wildman–Crippen LogP) is 1.77. The summed E-state index contributed by atoms with van der Waals surface area (Å²) in [6, 6.07) is 9.28. The van der Waals surface area contributed by atoms with E-state index in [9.17, 15) is 9.59 Å². The number of nitrogens with zero attached hydrogens (tertiary/aromatic N) is 2. The molecule has 0 atom stereocenters. The van der Waals surface area contributed by atoms with Gasteiger partial charge in [0, 0.05) is 38.3 Å². The van der Waals surface area contributed by atoms with Crippen LogP contribution in [0.25, 0.3) is 0 Å². The highest BCUT2D eigenvalue weighted by Crippen LogP contribution is 2.09. The smallest absolute Gasteiger partial charge is 0.321 e. The molecule has 2 rings (SSSR count). The molecule has 1 N–H and O–H groups in total. The molecule has 1 aromatic rings. The lowest BCUT2D eigenvalue weighted by Gasteiger charge is -2.34. The molecule has 1 aliphatic rings. The molecule has 1 saturated heterocycles.